The van der Waals surface area contributed by atoms with Crippen molar-refractivity contribution in [3.63, 3.8) is 0 Å². The summed E-state index contributed by atoms with van der Waals surface area (Å²) in [6.45, 7) is 0.606. The smallest absolute Gasteiger partial charge is 0.240 e. The van der Waals surface area contributed by atoms with Crippen molar-refractivity contribution in [3.8, 4) is 0 Å². The van der Waals surface area contributed by atoms with E-state index in [-0.39, 0.29) is 12.3 Å². The zero-order valence-corrected chi connectivity index (χ0v) is 12.9. The molecule has 0 unspecified atom stereocenters. The molecule has 110 valence electrons. The summed E-state index contributed by atoms with van der Waals surface area (Å²) in [6, 6.07) is 5.23. The zero-order valence-electron chi connectivity index (χ0n) is 11.3. The van der Waals surface area contributed by atoms with E-state index in [0.717, 1.165) is 22.1 Å². The van der Waals surface area contributed by atoms with Gasteiger partial charge in [-0.15, -0.1) is 11.3 Å². The van der Waals surface area contributed by atoms with Gasteiger partial charge in [-0.3, -0.25) is 9.59 Å². The van der Waals surface area contributed by atoms with Gasteiger partial charge in [-0.1, -0.05) is 11.6 Å². The molecule has 0 radical (unpaired) electrons. The molecule has 1 aliphatic rings. The van der Waals surface area contributed by atoms with Crippen LogP contribution in [0.4, 0.5) is 0 Å². The van der Waals surface area contributed by atoms with Crippen LogP contribution in [0.3, 0.4) is 0 Å². The van der Waals surface area contributed by atoms with Gasteiger partial charge in [-0.05, 0) is 47.4 Å². The third-order valence-electron chi connectivity index (χ3n) is 3.86. The summed E-state index contributed by atoms with van der Waals surface area (Å²) >= 11 is 7.62. The molecule has 0 bridgehead atoms. The van der Waals surface area contributed by atoms with Crippen LogP contribution in [0.5, 0.6) is 0 Å². The van der Waals surface area contributed by atoms with Crippen LogP contribution in [0, 0.1) is 0 Å². The highest BCUT2D eigenvalue weighted by atomic mass is 35.5. The first-order valence-corrected chi connectivity index (χ1v) is 8.06. The van der Waals surface area contributed by atoms with E-state index in [0.29, 0.717) is 18.0 Å². The molecular formula is C15H15ClN2O2S. The Kier molecular flexibility index (Phi) is 3.87. The topological polar surface area (TPSA) is 63.4 Å². The lowest BCUT2D eigenvalue weighted by molar-refractivity contribution is -0.136. The summed E-state index contributed by atoms with van der Waals surface area (Å²) in [5.41, 5.74) is 6.32. The molecule has 0 saturated carbocycles. The van der Waals surface area contributed by atoms with Crippen molar-refractivity contribution < 1.29 is 9.59 Å². The number of carbonyl (C=O) groups excluding carboxylic acids is 2. The lowest BCUT2D eigenvalue weighted by Crippen LogP contribution is -2.44. The summed E-state index contributed by atoms with van der Waals surface area (Å²) in [5.74, 6) is -0.463. The van der Waals surface area contributed by atoms with Gasteiger partial charge in [0.25, 0.3) is 0 Å². The molecule has 2 amide bonds. The second kappa shape index (κ2) is 5.66. The predicted octanol–water partition coefficient (Wildman–Crippen LogP) is 2.57. The van der Waals surface area contributed by atoms with Gasteiger partial charge >= 0.3 is 0 Å². The first-order chi connectivity index (χ1) is 10.1. The van der Waals surface area contributed by atoms with Gasteiger partial charge in [0.05, 0.1) is 6.42 Å². The van der Waals surface area contributed by atoms with Crippen LogP contribution in [0.1, 0.15) is 18.4 Å². The number of fused-ring (bicyclic) bond motifs is 1. The van der Waals surface area contributed by atoms with E-state index in [4.69, 9.17) is 17.3 Å². The van der Waals surface area contributed by atoms with Crippen molar-refractivity contribution in [3.05, 3.63) is 34.2 Å². The third kappa shape index (κ3) is 2.76. The number of hydrogen-bond donors (Lipinski definition) is 1. The molecule has 2 heterocycles. The van der Waals surface area contributed by atoms with Crippen LogP contribution in [0.15, 0.2) is 23.6 Å². The number of hydrogen-bond acceptors (Lipinski definition) is 3. The minimum absolute atomic E-state index is 0.0454. The number of amides is 2. The van der Waals surface area contributed by atoms with E-state index in [2.05, 4.69) is 0 Å². The Morgan fingerprint density at radius 2 is 2.24 bits per heavy atom. The number of benzene rings is 1. The number of carbonyl (C=O) groups is 2. The van der Waals surface area contributed by atoms with Gasteiger partial charge < -0.3 is 10.6 Å². The van der Waals surface area contributed by atoms with Crippen LogP contribution in [-0.2, 0) is 16.0 Å². The van der Waals surface area contributed by atoms with Gasteiger partial charge in [-0.2, -0.15) is 0 Å². The minimum Gasteiger partial charge on any atom is -0.368 e. The Morgan fingerprint density at radius 1 is 1.43 bits per heavy atom. The van der Waals surface area contributed by atoms with Gasteiger partial charge in [-0.25, -0.2) is 0 Å². The van der Waals surface area contributed by atoms with E-state index in [1.165, 1.54) is 0 Å². The van der Waals surface area contributed by atoms with Crippen LogP contribution in [0.25, 0.3) is 10.1 Å². The highest BCUT2D eigenvalue weighted by molar-refractivity contribution is 7.17. The standard InChI is InChI=1S/C15H15ClN2O2S/c16-10-3-4-13-11(7-10)9(8-21-13)6-14(19)18-5-1-2-12(18)15(17)20/h3-4,7-8,12H,1-2,5-6H2,(H2,17,20)/t12-/m0/s1. The molecule has 1 aromatic heterocycles. The number of primary amides is 1. The van der Waals surface area contributed by atoms with Crippen LogP contribution >= 0.6 is 22.9 Å². The number of thiophene rings is 1. The molecule has 4 nitrogen and oxygen atoms in total. The molecule has 0 spiro atoms. The van der Waals surface area contributed by atoms with E-state index in [1.807, 2.05) is 23.6 Å². The molecule has 1 aromatic carbocycles. The van der Waals surface area contributed by atoms with Gasteiger partial charge in [0.1, 0.15) is 6.04 Å². The summed E-state index contributed by atoms with van der Waals surface area (Å²) in [4.78, 5) is 25.4. The van der Waals surface area contributed by atoms with Gasteiger partial charge in [0.15, 0.2) is 0 Å². The van der Waals surface area contributed by atoms with Crippen LogP contribution < -0.4 is 5.73 Å². The Bertz CT molecular complexity index is 713. The molecule has 1 saturated heterocycles. The highest BCUT2D eigenvalue weighted by Gasteiger charge is 2.32. The number of rotatable bonds is 3. The average Bonchev–Trinajstić information content (AvgIpc) is 3.06. The number of halogens is 1. The van der Waals surface area contributed by atoms with Crippen molar-refractivity contribution in [1.82, 2.24) is 4.90 Å². The maximum atomic E-state index is 12.4. The summed E-state index contributed by atoms with van der Waals surface area (Å²) in [7, 11) is 0. The fraction of sp³-hybridized carbons (Fsp3) is 0.333. The molecule has 1 atom stereocenters. The van der Waals surface area contributed by atoms with E-state index >= 15 is 0 Å². The first kappa shape index (κ1) is 14.4. The SMILES string of the molecule is NC(=O)[C@@H]1CCCN1C(=O)Cc1csc2ccc(Cl)cc12. The Morgan fingerprint density at radius 3 is 3.00 bits per heavy atom. The first-order valence-electron chi connectivity index (χ1n) is 6.80. The summed E-state index contributed by atoms with van der Waals surface area (Å²) in [5, 5.41) is 3.65. The fourth-order valence-electron chi connectivity index (χ4n) is 2.82. The molecule has 0 aliphatic carbocycles. The second-order valence-electron chi connectivity index (χ2n) is 5.23. The quantitative estimate of drug-likeness (QED) is 0.944. The van der Waals surface area contributed by atoms with Gasteiger partial charge in [0, 0.05) is 16.3 Å². The Hall–Kier alpha value is -1.59. The molecule has 2 aromatic rings. The molecule has 21 heavy (non-hydrogen) atoms. The minimum atomic E-state index is -0.453. The Balaban J connectivity index is 1.83. The molecule has 2 N–H and O–H groups in total. The Labute approximate surface area is 131 Å². The molecule has 3 rings (SSSR count). The van der Waals surface area contributed by atoms with Crippen LogP contribution in [-0.4, -0.2) is 29.3 Å². The zero-order chi connectivity index (χ0) is 15.0. The van der Waals surface area contributed by atoms with E-state index < -0.39 is 11.9 Å². The maximum absolute atomic E-state index is 12.4. The second-order valence-corrected chi connectivity index (χ2v) is 6.57. The monoisotopic (exact) mass is 322 g/mol. The van der Waals surface area contributed by atoms with Crippen molar-refractivity contribution in [2.45, 2.75) is 25.3 Å². The van der Waals surface area contributed by atoms with E-state index in [1.54, 1.807) is 16.2 Å². The van der Waals surface area contributed by atoms with Crippen molar-refractivity contribution >= 4 is 44.8 Å². The van der Waals surface area contributed by atoms with E-state index in [9.17, 15) is 9.59 Å². The lowest BCUT2D eigenvalue weighted by atomic mass is 10.1. The molecule has 6 heteroatoms. The average molecular weight is 323 g/mol. The molecule has 1 aliphatic heterocycles. The van der Waals surface area contributed by atoms with Crippen molar-refractivity contribution in [2.24, 2.45) is 5.73 Å². The number of nitrogens with two attached hydrogens (primary N) is 1. The maximum Gasteiger partial charge on any atom is 0.240 e. The third-order valence-corrected chi connectivity index (χ3v) is 5.11. The number of likely N-dealkylation sites (tertiary alicyclic amines) is 1. The van der Waals surface area contributed by atoms with Crippen LogP contribution in [0.2, 0.25) is 5.02 Å². The predicted molar refractivity (Wildman–Crippen MR) is 84.5 cm³/mol. The van der Waals surface area contributed by atoms with Gasteiger partial charge in [0.2, 0.25) is 11.8 Å². The lowest BCUT2D eigenvalue weighted by Gasteiger charge is -2.22. The molecule has 1 fully saturated rings. The normalized spacial score (nSPS) is 18.3. The number of nitrogens with zero attached hydrogens (tertiary/aromatic N) is 1. The van der Waals surface area contributed by atoms with Crippen molar-refractivity contribution in [2.75, 3.05) is 6.54 Å². The van der Waals surface area contributed by atoms with Crippen molar-refractivity contribution in [1.29, 1.82) is 0 Å². The molecular weight excluding hydrogens is 308 g/mol. The fourth-order valence-corrected chi connectivity index (χ4v) is 3.93. The highest BCUT2D eigenvalue weighted by Crippen LogP contribution is 2.30. The largest absolute Gasteiger partial charge is 0.368 e. The summed E-state index contributed by atoms with van der Waals surface area (Å²) < 4.78 is 1.11. The summed E-state index contributed by atoms with van der Waals surface area (Å²) in [6.07, 6.45) is 1.77.